The molecular formula is C22H24N4O2. The van der Waals surface area contributed by atoms with Crippen LogP contribution in [0.5, 0.6) is 0 Å². The monoisotopic (exact) mass is 376 g/mol. The van der Waals surface area contributed by atoms with Crippen LogP contribution in [-0.2, 0) is 6.54 Å². The number of pyridine rings is 1. The van der Waals surface area contributed by atoms with Gasteiger partial charge >= 0.3 is 5.97 Å². The zero-order valence-electron chi connectivity index (χ0n) is 16.0. The smallest absolute Gasteiger partial charge is 0.335 e. The van der Waals surface area contributed by atoms with Crippen LogP contribution >= 0.6 is 0 Å². The highest BCUT2D eigenvalue weighted by molar-refractivity contribution is 5.88. The summed E-state index contributed by atoms with van der Waals surface area (Å²) in [6.45, 7) is 5.03. The van der Waals surface area contributed by atoms with Crippen LogP contribution in [0.2, 0.25) is 0 Å². The van der Waals surface area contributed by atoms with Crippen LogP contribution in [0.1, 0.15) is 40.4 Å². The molecule has 28 heavy (non-hydrogen) atoms. The maximum absolute atomic E-state index is 11.1. The minimum Gasteiger partial charge on any atom is -0.478 e. The van der Waals surface area contributed by atoms with Crippen molar-refractivity contribution in [1.29, 1.82) is 0 Å². The lowest BCUT2D eigenvalue weighted by molar-refractivity contribution is 0.0697. The third-order valence-electron chi connectivity index (χ3n) is 5.37. The van der Waals surface area contributed by atoms with Gasteiger partial charge in [0.15, 0.2) is 0 Å². The average molecular weight is 376 g/mol. The fourth-order valence-electron chi connectivity index (χ4n) is 3.82. The Kier molecular flexibility index (Phi) is 5.21. The summed E-state index contributed by atoms with van der Waals surface area (Å²) >= 11 is 0. The van der Waals surface area contributed by atoms with E-state index in [1.54, 1.807) is 12.4 Å². The summed E-state index contributed by atoms with van der Waals surface area (Å²) in [5.74, 6) is -0.959. The number of carboxylic acids is 1. The quantitative estimate of drug-likeness (QED) is 0.709. The molecule has 3 aromatic rings. The lowest BCUT2D eigenvalue weighted by atomic mass is 10.0. The van der Waals surface area contributed by atoms with Crippen molar-refractivity contribution in [3.63, 3.8) is 0 Å². The van der Waals surface area contributed by atoms with Gasteiger partial charge < -0.3 is 9.67 Å². The van der Waals surface area contributed by atoms with Crippen molar-refractivity contribution in [2.75, 3.05) is 13.1 Å². The molecule has 0 aliphatic carbocycles. The van der Waals surface area contributed by atoms with Gasteiger partial charge in [-0.1, -0.05) is 29.8 Å². The summed E-state index contributed by atoms with van der Waals surface area (Å²) in [5, 5.41) is 9.14. The number of nitrogens with zero attached hydrogens (tertiary/aromatic N) is 4. The normalized spacial score (nSPS) is 17.1. The molecule has 0 saturated carbocycles. The number of imidazole rings is 1. The van der Waals surface area contributed by atoms with Gasteiger partial charge in [-0.2, -0.15) is 0 Å². The SMILES string of the molecule is Cc1ccc(C2CCCN2CCn2cnc(-c3cc(C(=O)O)ccn3)c2)cc1. The lowest BCUT2D eigenvalue weighted by Crippen LogP contribution is -2.27. The van der Waals surface area contributed by atoms with Crippen LogP contribution in [0.25, 0.3) is 11.4 Å². The third-order valence-corrected chi connectivity index (χ3v) is 5.37. The molecule has 1 N–H and O–H groups in total. The molecule has 3 heterocycles. The molecule has 0 amide bonds. The Bertz CT molecular complexity index is 965. The topological polar surface area (TPSA) is 71.2 Å². The number of benzene rings is 1. The number of aromatic nitrogens is 3. The van der Waals surface area contributed by atoms with Crippen molar-refractivity contribution in [2.45, 2.75) is 32.4 Å². The van der Waals surface area contributed by atoms with Crippen LogP contribution in [-0.4, -0.2) is 43.6 Å². The Morgan fingerprint density at radius 2 is 1.96 bits per heavy atom. The molecule has 0 bridgehead atoms. The van der Waals surface area contributed by atoms with E-state index >= 15 is 0 Å². The first-order valence-corrected chi connectivity index (χ1v) is 9.62. The van der Waals surface area contributed by atoms with Gasteiger partial charge in [-0.15, -0.1) is 0 Å². The Labute approximate surface area is 164 Å². The molecular weight excluding hydrogens is 352 g/mol. The van der Waals surface area contributed by atoms with Gasteiger partial charge in [-0.25, -0.2) is 9.78 Å². The highest BCUT2D eigenvalue weighted by Crippen LogP contribution is 2.31. The van der Waals surface area contributed by atoms with E-state index in [0.717, 1.165) is 19.6 Å². The molecule has 2 aromatic heterocycles. The average Bonchev–Trinajstić information content (AvgIpc) is 3.36. The largest absolute Gasteiger partial charge is 0.478 e. The molecule has 0 spiro atoms. The molecule has 6 heteroatoms. The summed E-state index contributed by atoms with van der Waals surface area (Å²) in [7, 11) is 0. The van der Waals surface area contributed by atoms with E-state index in [0.29, 0.717) is 17.4 Å². The van der Waals surface area contributed by atoms with E-state index in [4.69, 9.17) is 5.11 Å². The van der Waals surface area contributed by atoms with Crippen molar-refractivity contribution < 1.29 is 9.90 Å². The summed E-state index contributed by atoms with van der Waals surface area (Å²) in [5.41, 5.74) is 4.18. The molecule has 1 unspecified atom stereocenters. The van der Waals surface area contributed by atoms with Gasteiger partial charge in [-0.3, -0.25) is 9.88 Å². The van der Waals surface area contributed by atoms with Crippen molar-refractivity contribution in [2.24, 2.45) is 0 Å². The molecule has 0 radical (unpaired) electrons. The zero-order valence-corrected chi connectivity index (χ0v) is 16.0. The number of hydrogen-bond donors (Lipinski definition) is 1. The summed E-state index contributed by atoms with van der Waals surface area (Å²) in [6, 6.07) is 12.4. The Morgan fingerprint density at radius 3 is 2.75 bits per heavy atom. The third kappa shape index (κ3) is 3.97. The van der Waals surface area contributed by atoms with E-state index in [9.17, 15) is 4.79 Å². The van der Waals surface area contributed by atoms with Gasteiger partial charge in [0.1, 0.15) is 5.69 Å². The lowest BCUT2D eigenvalue weighted by Gasteiger charge is -2.25. The summed E-state index contributed by atoms with van der Waals surface area (Å²) < 4.78 is 2.05. The highest BCUT2D eigenvalue weighted by Gasteiger charge is 2.25. The molecule has 1 saturated heterocycles. The molecule has 144 valence electrons. The number of rotatable bonds is 6. The minimum atomic E-state index is -0.959. The number of aromatic carboxylic acids is 1. The van der Waals surface area contributed by atoms with Crippen molar-refractivity contribution in [1.82, 2.24) is 19.4 Å². The van der Waals surface area contributed by atoms with Gasteiger partial charge in [0.2, 0.25) is 0 Å². The second-order valence-electron chi connectivity index (χ2n) is 7.34. The maximum atomic E-state index is 11.1. The second kappa shape index (κ2) is 7.94. The number of aryl methyl sites for hydroxylation is 1. The van der Waals surface area contributed by atoms with Crippen LogP contribution in [0.3, 0.4) is 0 Å². The number of likely N-dealkylation sites (tertiary alicyclic amines) is 1. The van der Waals surface area contributed by atoms with E-state index in [1.165, 1.54) is 36.2 Å². The Morgan fingerprint density at radius 1 is 1.14 bits per heavy atom. The van der Waals surface area contributed by atoms with Gasteiger partial charge in [0.05, 0.1) is 17.6 Å². The number of hydrogen-bond acceptors (Lipinski definition) is 4. The van der Waals surface area contributed by atoms with E-state index in [-0.39, 0.29) is 5.56 Å². The van der Waals surface area contributed by atoms with Gasteiger partial charge in [-0.05, 0) is 44.0 Å². The first-order chi connectivity index (χ1) is 13.6. The first kappa shape index (κ1) is 18.4. The standard InChI is InChI=1S/C22H24N4O2/c1-16-4-6-17(7-5-16)21-3-2-10-26(21)12-11-25-14-20(24-15-25)19-13-18(22(27)28)8-9-23-19/h4-9,13-15,21H,2-3,10-12H2,1H3,(H,27,28). The second-order valence-corrected chi connectivity index (χ2v) is 7.34. The molecule has 1 aliphatic rings. The van der Waals surface area contributed by atoms with Crippen LogP contribution in [0.15, 0.2) is 55.1 Å². The predicted octanol–water partition coefficient (Wildman–Crippen LogP) is 3.79. The molecule has 1 fully saturated rings. The van der Waals surface area contributed by atoms with Crippen molar-refractivity contribution in [3.05, 3.63) is 71.8 Å². The molecule has 1 aromatic carbocycles. The number of carboxylic acid groups (broad SMARTS) is 1. The van der Waals surface area contributed by atoms with Crippen molar-refractivity contribution >= 4 is 5.97 Å². The molecule has 1 atom stereocenters. The van der Waals surface area contributed by atoms with E-state index in [1.807, 2.05) is 6.20 Å². The van der Waals surface area contributed by atoms with Gasteiger partial charge in [0.25, 0.3) is 0 Å². The van der Waals surface area contributed by atoms with Gasteiger partial charge in [0, 0.05) is 31.5 Å². The first-order valence-electron chi connectivity index (χ1n) is 9.62. The van der Waals surface area contributed by atoms with E-state index in [2.05, 4.69) is 50.6 Å². The fourth-order valence-corrected chi connectivity index (χ4v) is 3.82. The Hall–Kier alpha value is -2.99. The van der Waals surface area contributed by atoms with Crippen LogP contribution in [0.4, 0.5) is 0 Å². The predicted molar refractivity (Wildman–Crippen MR) is 107 cm³/mol. The zero-order chi connectivity index (χ0) is 19.5. The molecule has 1 aliphatic heterocycles. The summed E-state index contributed by atoms with van der Waals surface area (Å²) in [4.78, 5) is 22.3. The number of carbonyl (C=O) groups is 1. The highest BCUT2D eigenvalue weighted by atomic mass is 16.4. The van der Waals surface area contributed by atoms with Crippen LogP contribution < -0.4 is 0 Å². The molecule has 4 rings (SSSR count). The minimum absolute atomic E-state index is 0.220. The van der Waals surface area contributed by atoms with Crippen molar-refractivity contribution in [3.8, 4) is 11.4 Å². The Balaban J connectivity index is 1.42. The maximum Gasteiger partial charge on any atom is 0.335 e. The fraction of sp³-hybridized carbons (Fsp3) is 0.318. The van der Waals surface area contributed by atoms with Crippen LogP contribution in [0, 0.1) is 6.92 Å². The molecule has 6 nitrogen and oxygen atoms in total. The summed E-state index contributed by atoms with van der Waals surface area (Å²) in [6.07, 6.45) is 7.66. The van der Waals surface area contributed by atoms with E-state index < -0.39 is 5.97 Å².